The van der Waals surface area contributed by atoms with Crippen molar-refractivity contribution in [3.63, 3.8) is 0 Å². The monoisotopic (exact) mass is 389 g/mol. The average Bonchev–Trinajstić information content (AvgIpc) is 2.64. The predicted molar refractivity (Wildman–Crippen MR) is 98.0 cm³/mol. The van der Waals surface area contributed by atoms with Crippen molar-refractivity contribution in [3.05, 3.63) is 24.4 Å². The minimum absolute atomic E-state index is 0.0181. The molecular weight excluding hydrogens is 358 g/mol. The molecule has 0 aliphatic carbocycles. The number of esters is 2. The molecule has 0 spiro atoms. The quantitative estimate of drug-likeness (QED) is 0.211. The van der Waals surface area contributed by atoms with E-state index in [-0.39, 0.29) is 32.4 Å². The maximum atomic E-state index is 11.4. The number of ether oxygens (including phenoxy) is 5. The number of hydrogen-bond donors (Lipinski definition) is 1. The van der Waals surface area contributed by atoms with E-state index < -0.39 is 5.97 Å². The Balaban J connectivity index is 3.31. The van der Waals surface area contributed by atoms with Crippen LogP contribution in [0.1, 0.15) is 6.92 Å². The summed E-state index contributed by atoms with van der Waals surface area (Å²) in [4.78, 5) is 24.1. The molecule has 9 heteroatoms. The van der Waals surface area contributed by atoms with Gasteiger partial charge in [-0.15, -0.1) is 0 Å². The van der Waals surface area contributed by atoms with E-state index in [1.165, 1.54) is 12.2 Å². The smallest absolute Gasteiger partial charge is 0.332 e. The molecule has 27 heavy (non-hydrogen) atoms. The minimum Gasteiger partial charge on any atom is -0.460 e. The van der Waals surface area contributed by atoms with Crippen molar-refractivity contribution >= 4 is 11.9 Å². The summed E-state index contributed by atoms with van der Waals surface area (Å²) < 4.78 is 25.6. The Hall–Kier alpha value is -1.94. The number of hydrogen-bond acceptors (Lipinski definition) is 9. The first-order valence-electron chi connectivity index (χ1n) is 8.79. The number of aliphatic hydroxyl groups excluding tert-OH is 1. The van der Waals surface area contributed by atoms with Gasteiger partial charge in [-0.05, 0) is 6.92 Å². The van der Waals surface area contributed by atoms with Gasteiger partial charge in [0, 0.05) is 31.9 Å². The second kappa shape index (κ2) is 18.8. The fourth-order valence-corrected chi connectivity index (χ4v) is 1.60. The van der Waals surface area contributed by atoms with Crippen LogP contribution in [0.3, 0.4) is 0 Å². The zero-order valence-corrected chi connectivity index (χ0v) is 16.1. The zero-order chi connectivity index (χ0) is 20.2. The number of carbonyl (C=O) groups is 2. The Morgan fingerprint density at radius 2 is 1.26 bits per heavy atom. The van der Waals surface area contributed by atoms with Crippen LogP contribution in [-0.4, -0.2) is 95.0 Å². The van der Waals surface area contributed by atoms with Gasteiger partial charge in [0.2, 0.25) is 0 Å². The number of nitrogens with zero attached hydrogens (tertiary/aromatic N) is 1. The maximum absolute atomic E-state index is 11.4. The minimum atomic E-state index is -0.465. The van der Waals surface area contributed by atoms with Gasteiger partial charge < -0.3 is 33.7 Å². The lowest BCUT2D eigenvalue weighted by Crippen LogP contribution is -2.17. The number of allylic oxidation sites excluding steroid dienone is 1. The Kier molecular flexibility index (Phi) is 17.5. The molecule has 0 radical (unpaired) electrons. The molecule has 0 aliphatic heterocycles. The molecule has 0 amide bonds. The highest BCUT2D eigenvalue weighted by molar-refractivity contribution is 5.82. The average molecular weight is 389 g/mol. The summed E-state index contributed by atoms with van der Waals surface area (Å²) in [5, 5.41) is 8.72. The summed E-state index contributed by atoms with van der Waals surface area (Å²) in [5.74, 6) is -0.849. The first-order valence-corrected chi connectivity index (χ1v) is 8.79. The topological polar surface area (TPSA) is 104 Å². The molecule has 0 aromatic heterocycles. The van der Waals surface area contributed by atoms with Crippen molar-refractivity contribution in [1.82, 2.24) is 4.90 Å². The number of rotatable bonds is 17. The van der Waals surface area contributed by atoms with Crippen molar-refractivity contribution in [2.45, 2.75) is 6.92 Å². The molecule has 0 atom stereocenters. The number of aliphatic hydroxyl groups is 1. The van der Waals surface area contributed by atoms with Gasteiger partial charge in [0.05, 0.1) is 46.2 Å². The van der Waals surface area contributed by atoms with E-state index in [4.69, 9.17) is 28.8 Å². The molecule has 0 bridgehead atoms. The van der Waals surface area contributed by atoms with E-state index in [1.807, 2.05) is 0 Å². The summed E-state index contributed by atoms with van der Waals surface area (Å²) >= 11 is 0. The van der Waals surface area contributed by atoms with Crippen molar-refractivity contribution in [3.8, 4) is 0 Å². The van der Waals surface area contributed by atoms with Gasteiger partial charge in [0.25, 0.3) is 0 Å². The molecule has 0 aromatic rings. The van der Waals surface area contributed by atoms with Crippen molar-refractivity contribution in [1.29, 1.82) is 0 Å². The standard InChI is InChI=1S/C18H31NO8/c1-3-4-17(21)26-15-13-24-11-9-23-10-12-25-14-16-27-18(22)5-6-19(2)7-8-20/h3-6,20H,7-16H2,1-2H3/b4-3+,6-5+. The van der Waals surface area contributed by atoms with Crippen LogP contribution in [0.5, 0.6) is 0 Å². The highest BCUT2D eigenvalue weighted by Gasteiger charge is 1.99. The van der Waals surface area contributed by atoms with Crippen LogP contribution in [0, 0.1) is 0 Å². The normalized spacial score (nSPS) is 11.2. The van der Waals surface area contributed by atoms with E-state index in [2.05, 4.69) is 0 Å². The SMILES string of the molecule is C/C=C/C(=O)OCCOCCOCCOCCOC(=O)/C=C/N(C)CCO. The van der Waals surface area contributed by atoms with Crippen molar-refractivity contribution in [2.24, 2.45) is 0 Å². The van der Waals surface area contributed by atoms with Gasteiger partial charge in [-0.2, -0.15) is 0 Å². The highest BCUT2D eigenvalue weighted by atomic mass is 16.6. The molecule has 0 rings (SSSR count). The highest BCUT2D eigenvalue weighted by Crippen LogP contribution is 1.88. The molecule has 0 saturated carbocycles. The molecule has 0 aromatic carbocycles. The van der Waals surface area contributed by atoms with Gasteiger partial charge in [0.15, 0.2) is 0 Å². The zero-order valence-electron chi connectivity index (χ0n) is 16.1. The van der Waals surface area contributed by atoms with Crippen LogP contribution in [0.2, 0.25) is 0 Å². The first-order chi connectivity index (χ1) is 13.1. The Bertz CT molecular complexity index is 439. The first kappa shape index (κ1) is 25.1. The Labute approximate surface area is 160 Å². The summed E-state index contributed by atoms with van der Waals surface area (Å²) in [6, 6.07) is 0. The van der Waals surface area contributed by atoms with Crippen LogP contribution in [0.4, 0.5) is 0 Å². The molecule has 0 fully saturated rings. The lowest BCUT2D eigenvalue weighted by Gasteiger charge is -2.10. The van der Waals surface area contributed by atoms with Crippen molar-refractivity contribution < 1.29 is 38.4 Å². The molecule has 9 nitrogen and oxygen atoms in total. The van der Waals surface area contributed by atoms with E-state index >= 15 is 0 Å². The van der Waals surface area contributed by atoms with Crippen LogP contribution in [0.25, 0.3) is 0 Å². The number of carbonyl (C=O) groups excluding carboxylic acids is 2. The predicted octanol–water partition coefficient (Wildman–Crippen LogP) is 0.137. The fourth-order valence-electron chi connectivity index (χ4n) is 1.60. The molecular formula is C18H31NO8. The third kappa shape index (κ3) is 18.6. The summed E-state index contributed by atoms with van der Waals surface area (Å²) in [7, 11) is 1.74. The van der Waals surface area contributed by atoms with Gasteiger partial charge in [0.1, 0.15) is 13.2 Å². The maximum Gasteiger partial charge on any atom is 0.332 e. The molecule has 0 heterocycles. The molecule has 0 aliphatic rings. The molecule has 1 N–H and O–H groups in total. The Morgan fingerprint density at radius 3 is 1.70 bits per heavy atom. The van der Waals surface area contributed by atoms with E-state index in [1.54, 1.807) is 31.1 Å². The van der Waals surface area contributed by atoms with Crippen LogP contribution >= 0.6 is 0 Å². The number of likely N-dealkylation sites (N-methyl/N-ethyl adjacent to an activating group) is 1. The lowest BCUT2D eigenvalue weighted by molar-refractivity contribution is -0.140. The van der Waals surface area contributed by atoms with E-state index in [0.29, 0.717) is 39.6 Å². The largest absolute Gasteiger partial charge is 0.460 e. The summed E-state index contributed by atoms with van der Waals surface area (Å²) in [6.07, 6.45) is 5.79. The van der Waals surface area contributed by atoms with Crippen LogP contribution < -0.4 is 0 Å². The third-order valence-corrected chi connectivity index (χ3v) is 2.91. The molecule has 0 unspecified atom stereocenters. The van der Waals surface area contributed by atoms with Gasteiger partial charge in [-0.3, -0.25) is 0 Å². The van der Waals surface area contributed by atoms with Crippen LogP contribution in [-0.2, 0) is 33.3 Å². The third-order valence-electron chi connectivity index (χ3n) is 2.91. The Morgan fingerprint density at radius 1 is 0.815 bits per heavy atom. The molecule has 0 saturated heterocycles. The fraction of sp³-hybridized carbons (Fsp3) is 0.667. The van der Waals surface area contributed by atoms with E-state index in [0.717, 1.165) is 0 Å². The summed E-state index contributed by atoms with van der Waals surface area (Å²) in [5.41, 5.74) is 0. The second-order valence-corrected chi connectivity index (χ2v) is 5.19. The van der Waals surface area contributed by atoms with E-state index in [9.17, 15) is 9.59 Å². The van der Waals surface area contributed by atoms with Crippen LogP contribution in [0.15, 0.2) is 24.4 Å². The van der Waals surface area contributed by atoms with Gasteiger partial charge in [-0.25, -0.2) is 9.59 Å². The van der Waals surface area contributed by atoms with Gasteiger partial charge in [-0.1, -0.05) is 6.08 Å². The summed E-state index contributed by atoms with van der Waals surface area (Å²) in [6.45, 7) is 4.76. The second-order valence-electron chi connectivity index (χ2n) is 5.19. The lowest BCUT2D eigenvalue weighted by atomic mass is 10.5. The van der Waals surface area contributed by atoms with Crippen molar-refractivity contribution in [2.75, 3.05) is 73.1 Å². The van der Waals surface area contributed by atoms with Gasteiger partial charge >= 0.3 is 11.9 Å². The molecule has 156 valence electrons.